The highest BCUT2D eigenvalue weighted by atomic mass is 15.1. The Morgan fingerprint density at radius 2 is 1.69 bits per heavy atom. The van der Waals surface area contributed by atoms with Gasteiger partial charge in [-0.05, 0) is 6.42 Å². The predicted molar refractivity (Wildman–Crippen MR) is 50.5 cm³/mol. The summed E-state index contributed by atoms with van der Waals surface area (Å²) in [4.78, 5) is 4.33. The topological polar surface area (TPSA) is 38.7 Å². The smallest absolute Gasteiger partial charge is 0.138 e. The Balaban J connectivity index is 2.64. The van der Waals surface area contributed by atoms with Crippen LogP contribution in [-0.4, -0.2) is 15.2 Å². The van der Waals surface area contributed by atoms with Gasteiger partial charge in [-0.25, -0.2) is 4.98 Å². The largest absolute Gasteiger partial charge is 0.237 e. The van der Waals surface area contributed by atoms with Gasteiger partial charge in [0.2, 0.25) is 0 Å². The molecule has 0 saturated heterocycles. The zero-order valence-corrected chi connectivity index (χ0v) is 8.63. The lowest BCUT2D eigenvalue weighted by Crippen LogP contribution is -2.18. The third-order valence-corrected chi connectivity index (χ3v) is 2.79. The van der Waals surface area contributed by atoms with Crippen molar-refractivity contribution in [2.45, 2.75) is 44.9 Å². The lowest BCUT2D eigenvalue weighted by Gasteiger charge is -2.20. The lowest BCUT2D eigenvalue weighted by molar-refractivity contribution is 0.396. The number of hydrogen-bond acceptors (Lipinski definition) is 3. The Hall–Kier alpha value is -0.990. The molecule has 70 valence electrons. The summed E-state index contributed by atoms with van der Waals surface area (Å²) in [7, 11) is 0. The van der Waals surface area contributed by atoms with Crippen molar-refractivity contribution in [1.29, 1.82) is 0 Å². The summed E-state index contributed by atoms with van der Waals surface area (Å²) >= 11 is 0. The first-order valence-electron chi connectivity index (χ1n) is 4.62. The second-order valence-electron chi connectivity index (χ2n) is 5.10. The molecular weight excluding hydrogens is 162 g/mol. The first kappa shape index (κ1) is 8.60. The van der Waals surface area contributed by atoms with Crippen molar-refractivity contribution >= 4 is 0 Å². The van der Waals surface area contributed by atoms with E-state index < -0.39 is 0 Å². The second-order valence-corrected chi connectivity index (χ2v) is 5.10. The Bertz CT molecular complexity index is 309. The molecular formula is C10H15N3. The van der Waals surface area contributed by atoms with Gasteiger partial charge in [-0.1, -0.05) is 27.7 Å². The lowest BCUT2D eigenvalue weighted by atomic mass is 9.83. The third kappa shape index (κ3) is 1.14. The number of rotatable bonds is 0. The van der Waals surface area contributed by atoms with Crippen molar-refractivity contribution in [2.24, 2.45) is 0 Å². The van der Waals surface area contributed by atoms with E-state index in [1.807, 2.05) is 0 Å². The second kappa shape index (κ2) is 2.28. The molecule has 1 aliphatic carbocycles. The van der Waals surface area contributed by atoms with Crippen LogP contribution in [0.1, 0.15) is 45.5 Å². The van der Waals surface area contributed by atoms with Gasteiger partial charge in [0.25, 0.3) is 0 Å². The molecule has 0 atom stereocenters. The van der Waals surface area contributed by atoms with Crippen molar-refractivity contribution in [3.63, 3.8) is 0 Å². The maximum atomic E-state index is 4.33. The fraction of sp³-hybridized carbons (Fsp3) is 0.700. The maximum Gasteiger partial charge on any atom is 0.138 e. The zero-order chi connectivity index (χ0) is 9.69. The van der Waals surface area contributed by atoms with Gasteiger partial charge in [0.05, 0.1) is 11.4 Å². The summed E-state index contributed by atoms with van der Waals surface area (Å²) in [6, 6.07) is 0. The van der Waals surface area contributed by atoms with Crippen molar-refractivity contribution in [1.82, 2.24) is 15.2 Å². The summed E-state index contributed by atoms with van der Waals surface area (Å²) < 4.78 is 0. The molecule has 1 aromatic rings. The average Bonchev–Trinajstić information content (AvgIpc) is 2.20. The van der Waals surface area contributed by atoms with E-state index in [1.54, 1.807) is 6.33 Å². The summed E-state index contributed by atoms with van der Waals surface area (Å²) in [6.45, 7) is 8.85. The van der Waals surface area contributed by atoms with Gasteiger partial charge in [-0.3, -0.25) is 0 Å². The van der Waals surface area contributed by atoms with Gasteiger partial charge in [0, 0.05) is 10.8 Å². The summed E-state index contributed by atoms with van der Waals surface area (Å²) in [5, 5.41) is 8.05. The molecule has 0 N–H and O–H groups in total. The zero-order valence-electron chi connectivity index (χ0n) is 8.63. The third-order valence-electron chi connectivity index (χ3n) is 2.79. The van der Waals surface area contributed by atoms with Crippen LogP contribution in [0.5, 0.6) is 0 Å². The first-order chi connectivity index (χ1) is 5.93. The van der Waals surface area contributed by atoms with Gasteiger partial charge in [0.15, 0.2) is 0 Å². The highest BCUT2D eigenvalue weighted by molar-refractivity contribution is 5.33. The molecule has 13 heavy (non-hydrogen) atoms. The van der Waals surface area contributed by atoms with E-state index in [0.717, 1.165) is 17.8 Å². The van der Waals surface area contributed by atoms with Gasteiger partial charge in [-0.15, -0.1) is 5.10 Å². The van der Waals surface area contributed by atoms with E-state index in [-0.39, 0.29) is 10.8 Å². The Kier molecular flexibility index (Phi) is 1.51. The monoisotopic (exact) mass is 177 g/mol. The van der Waals surface area contributed by atoms with Gasteiger partial charge in [-0.2, -0.15) is 5.10 Å². The van der Waals surface area contributed by atoms with Gasteiger partial charge < -0.3 is 0 Å². The van der Waals surface area contributed by atoms with Crippen LogP contribution in [0.25, 0.3) is 0 Å². The molecule has 2 rings (SSSR count). The van der Waals surface area contributed by atoms with Crippen LogP contribution in [-0.2, 0) is 10.8 Å². The molecule has 1 heterocycles. The van der Waals surface area contributed by atoms with E-state index in [1.165, 1.54) is 0 Å². The van der Waals surface area contributed by atoms with Crippen LogP contribution in [0.4, 0.5) is 0 Å². The first-order valence-corrected chi connectivity index (χ1v) is 4.62. The maximum absolute atomic E-state index is 4.33. The van der Waals surface area contributed by atoms with Crippen LogP contribution in [0, 0.1) is 0 Å². The number of aromatic nitrogens is 3. The SMILES string of the molecule is CC1(C)CC(C)(C)c2nncnc21. The highest BCUT2D eigenvalue weighted by Gasteiger charge is 2.44. The predicted octanol–water partition coefficient (Wildman–Crippen LogP) is 1.83. The minimum atomic E-state index is 0.125. The number of fused-ring (bicyclic) bond motifs is 1. The Labute approximate surface area is 78.6 Å². The van der Waals surface area contributed by atoms with E-state index in [0.29, 0.717) is 0 Å². The fourth-order valence-electron chi connectivity index (χ4n) is 2.50. The minimum absolute atomic E-state index is 0.125. The standard InChI is InChI=1S/C10H15N3/c1-9(2)5-10(3,4)8-7(9)11-6-12-13-8/h6H,5H2,1-4H3. The highest BCUT2D eigenvalue weighted by Crippen LogP contribution is 2.46. The molecule has 0 bridgehead atoms. The molecule has 0 unspecified atom stereocenters. The molecule has 0 aromatic carbocycles. The molecule has 1 aliphatic rings. The van der Waals surface area contributed by atoms with Crippen LogP contribution in [0.15, 0.2) is 6.33 Å². The molecule has 0 spiro atoms. The van der Waals surface area contributed by atoms with Crippen LogP contribution in [0.2, 0.25) is 0 Å². The van der Waals surface area contributed by atoms with Gasteiger partial charge >= 0.3 is 0 Å². The Morgan fingerprint density at radius 3 is 2.31 bits per heavy atom. The number of hydrogen-bond donors (Lipinski definition) is 0. The number of nitrogens with zero attached hydrogens (tertiary/aromatic N) is 3. The fourth-order valence-corrected chi connectivity index (χ4v) is 2.50. The quantitative estimate of drug-likeness (QED) is 0.607. The van der Waals surface area contributed by atoms with E-state index in [4.69, 9.17) is 0 Å². The molecule has 3 heteroatoms. The summed E-state index contributed by atoms with van der Waals surface area (Å²) in [5.74, 6) is 0. The van der Waals surface area contributed by atoms with E-state index >= 15 is 0 Å². The van der Waals surface area contributed by atoms with Crippen LogP contribution in [0.3, 0.4) is 0 Å². The van der Waals surface area contributed by atoms with Crippen molar-refractivity contribution in [3.8, 4) is 0 Å². The molecule has 0 aliphatic heterocycles. The van der Waals surface area contributed by atoms with E-state index in [2.05, 4.69) is 42.9 Å². The van der Waals surface area contributed by atoms with E-state index in [9.17, 15) is 0 Å². The molecule has 3 nitrogen and oxygen atoms in total. The normalized spacial score (nSPS) is 22.8. The molecule has 0 saturated carbocycles. The molecule has 0 fully saturated rings. The Morgan fingerprint density at radius 1 is 1.08 bits per heavy atom. The van der Waals surface area contributed by atoms with Crippen molar-refractivity contribution in [2.75, 3.05) is 0 Å². The summed E-state index contributed by atoms with van der Waals surface area (Å²) in [6.07, 6.45) is 2.64. The molecule has 0 radical (unpaired) electrons. The average molecular weight is 177 g/mol. The molecule has 0 amide bonds. The van der Waals surface area contributed by atoms with Crippen LogP contribution >= 0.6 is 0 Å². The van der Waals surface area contributed by atoms with Gasteiger partial charge in [0.1, 0.15) is 6.33 Å². The van der Waals surface area contributed by atoms with Crippen molar-refractivity contribution < 1.29 is 0 Å². The minimum Gasteiger partial charge on any atom is -0.237 e. The van der Waals surface area contributed by atoms with Crippen LogP contribution < -0.4 is 0 Å². The molecule has 1 aromatic heterocycles. The van der Waals surface area contributed by atoms with Crippen molar-refractivity contribution in [3.05, 3.63) is 17.7 Å². The summed E-state index contributed by atoms with van der Waals surface area (Å²) in [5.41, 5.74) is 2.46.